The van der Waals surface area contributed by atoms with E-state index in [1.165, 1.54) is 0 Å². The van der Waals surface area contributed by atoms with E-state index in [4.69, 9.17) is 4.74 Å². The molecule has 1 saturated carbocycles. The Morgan fingerprint density at radius 2 is 2.18 bits per heavy atom. The molecule has 1 spiro atoms. The lowest BCUT2D eigenvalue weighted by atomic mass is 9.92. The van der Waals surface area contributed by atoms with Gasteiger partial charge in [0.25, 0.3) is 0 Å². The summed E-state index contributed by atoms with van der Waals surface area (Å²) < 4.78 is 6.61. The van der Waals surface area contributed by atoms with E-state index >= 15 is 0 Å². The number of amides is 1. The van der Waals surface area contributed by atoms with Crippen molar-refractivity contribution in [2.45, 2.75) is 19.3 Å². The second-order valence-corrected chi connectivity index (χ2v) is 6.88. The van der Waals surface area contributed by atoms with Gasteiger partial charge in [-0.15, -0.1) is 12.4 Å². The molecule has 0 radical (unpaired) electrons. The smallest absolute Gasteiger partial charge is 0.223 e. The quantitative estimate of drug-likeness (QED) is 0.761. The zero-order chi connectivity index (χ0) is 14.7. The highest BCUT2D eigenvalue weighted by molar-refractivity contribution is 9.10. The molecule has 6 heteroatoms. The molecule has 2 N–H and O–H groups in total. The minimum absolute atomic E-state index is 0. The Balaban J connectivity index is 0.00000176. The second kappa shape index (κ2) is 7.66. The topological polar surface area (TPSA) is 50.4 Å². The van der Waals surface area contributed by atoms with Gasteiger partial charge < -0.3 is 15.4 Å². The number of halogens is 2. The van der Waals surface area contributed by atoms with Gasteiger partial charge in [-0.2, -0.15) is 0 Å². The van der Waals surface area contributed by atoms with Gasteiger partial charge in [0.2, 0.25) is 5.91 Å². The Hall–Kier alpha value is -0.780. The average molecular weight is 390 g/mol. The van der Waals surface area contributed by atoms with Crippen molar-refractivity contribution in [3.05, 3.63) is 28.7 Å². The fourth-order valence-corrected chi connectivity index (χ4v) is 3.60. The van der Waals surface area contributed by atoms with Gasteiger partial charge in [0.05, 0.1) is 6.54 Å². The lowest BCUT2D eigenvalue weighted by Crippen LogP contribution is -2.35. The molecule has 0 bridgehead atoms. The van der Waals surface area contributed by atoms with Crippen molar-refractivity contribution in [2.24, 2.45) is 11.3 Å². The van der Waals surface area contributed by atoms with Crippen molar-refractivity contribution in [3.63, 3.8) is 0 Å². The molecule has 1 aromatic rings. The molecule has 4 nitrogen and oxygen atoms in total. The highest BCUT2D eigenvalue weighted by Crippen LogP contribution is 2.58. The summed E-state index contributed by atoms with van der Waals surface area (Å²) >= 11 is 3.41. The predicted octanol–water partition coefficient (Wildman–Crippen LogP) is 2.76. The predicted molar refractivity (Wildman–Crippen MR) is 92.5 cm³/mol. The maximum absolute atomic E-state index is 12.1. The van der Waals surface area contributed by atoms with Crippen LogP contribution in [0, 0.1) is 11.3 Å². The maximum atomic E-state index is 12.1. The molecule has 0 aromatic heterocycles. The summed E-state index contributed by atoms with van der Waals surface area (Å²) in [5.41, 5.74) is 0.306. The first-order valence-corrected chi connectivity index (χ1v) is 8.36. The van der Waals surface area contributed by atoms with Crippen LogP contribution in [-0.2, 0) is 4.79 Å². The first-order chi connectivity index (χ1) is 10.2. The van der Waals surface area contributed by atoms with Crippen molar-refractivity contribution in [2.75, 3.05) is 26.2 Å². The summed E-state index contributed by atoms with van der Waals surface area (Å²) in [6.45, 7) is 3.17. The highest BCUT2D eigenvalue weighted by Gasteiger charge is 2.57. The number of hydrogen-bond acceptors (Lipinski definition) is 3. The Morgan fingerprint density at radius 3 is 2.91 bits per heavy atom. The molecule has 1 heterocycles. The van der Waals surface area contributed by atoms with E-state index in [0.29, 0.717) is 18.6 Å². The first-order valence-electron chi connectivity index (χ1n) is 7.56. The second-order valence-electron chi connectivity index (χ2n) is 5.97. The molecule has 1 aliphatic heterocycles. The molecule has 1 atom stereocenters. The zero-order valence-electron chi connectivity index (χ0n) is 12.4. The van der Waals surface area contributed by atoms with Gasteiger partial charge in [0, 0.05) is 10.4 Å². The Labute approximate surface area is 145 Å². The Kier molecular flexibility index (Phi) is 6.12. The lowest BCUT2D eigenvalue weighted by Gasteiger charge is -2.23. The standard InChI is InChI=1S/C16H21BrN2O2.ClH/c17-12-2-1-3-13(10-12)21-9-8-19-15(20)14-11-16(14)4-6-18-7-5-16;/h1-3,10,14,18H,4-9,11H2,(H,19,20);1H. The van der Waals surface area contributed by atoms with E-state index in [1.54, 1.807) is 0 Å². The fourth-order valence-electron chi connectivity index (χ4n) is 3.22. The van der Waals surface area contributed by atoms with Crippen LogP contribution in [0.2, 0.25) is 0 Å². The van der Waals surface area contributed by atoms with Gasteiger partial charge in [-0.05, 0) is 56.0 Å². The molecule has 3 rings (SSSR count). The SMILES string of the molecule is Cl.O=C(NCCOc1cccc(Br)c1)C1CC12CCNCC2. The molecule has 122 valence electrons. The summed E-state index contributed by atoms with van der Waals surface area (Å²) in [5, 5.41) is 6.36. The summed E-state index contributed by atoms with van der Waals surface area (Å²) in [7, 11) is 0. The minimum Gasteiger partial charge on any atom is -0.492 e. The van der Waals surface area contributed by atoms with Gasteiger partial charge in [0.15, 0.2) is 0 Å². The van der Waals surface area contributed by atoms with Crippen molar-refractivity contribution < 1.29 is 9.53 Å². The molecule has 1 unspecified atom stereocenters. The Morgan fingerprint density at radius 1 is 1.41 bits per heavy atom. The summed E-state index contributed by atoms with van der Waals surface area (Å²) in [6, 6.07) is 7.73. The summed E-state index contributed by atoms with van der Waals surface area (Å²) in [4.78, 5) is 12.1. The average Bonchev–Trinajstić information content (AvgIpc) is 3.18. The van der Waals surface area contributed by atoms with Crippen molar-refractivity contribution in [1.82, 2.24) is 10.6 Å². The van der Waals surface area contributed by atoms with Crippen LogP contribution in [-0.4, -0.2) is 32.1 Å². The third-order valence-corrected chi connectivity index (χ3v) is 5.06. The number of hydrogen-bond donors (Lipinski definition) is 2. The van der Waals surface area contributed by atoms with Gasteiger partial charge in [-0.3, -0.25) is 4.79 Å². The molecule has 1 aromatic carbocycles. The summed E-state index contributed by atoms with van der Waals surface area (Å²) in [6.07, 6.45) is 3.34. The number of nitrogens with one attached hydrogen (secondary N) is 2. The molecule has 1 amide bonds. The van der Waals surface area contributed by atoms with Gasteiger partial charge in [-0.25, -0.2) is 0 Å². The van der Waals surface area contributed by atoms with Crippen molar-refractivity contribution in [3.8, 4) is 5.75 Å². The molecular formula is C16H22BrClN2O2. The fraction of sp³-hybridized carbons (Fsp3) is 0.562. The van der Waals surface area contributed by atoms with E-state index < -0.39 is 0 Å². The van der Waals surface area contributed by atoms with Crippen molar-refractivity contribution in [1.29, 1.82) is 0 Å². The number of rotatable bonds is 5. The van der Waals surface area contributed by atoms with E-state index in [-0.39, 0.29) is 24.2 Å². The normalized spacial score (nSPS) is 21.8. The number of ether oxygens (including phenoxy) is 1. The van der Waals surface area contributed by atoms with Crippen LogP contribution in [0.3, 0.4) is 0 Å². The number of piperidine rings is 1. The molecule has 2 fully saturated rings. The first kappa shape index (κ1) is 17.6. The van der Waals surface area contributed by atoms with Crippen LogP contribution < -0.4 is 15.4 Å². The van der Waals surface area contributed by atoms with Gasteiger partial charge in [0.1, 0.15) is 12.4 Å². The molecule has 2 aliphatic rings. The van der Waals surface area contributed by atoms with E-state index in [2.05, 4.69) is 26.6 Å². The van der Waals surface area contributed by atoms with Crippen LogP contribution >= 0.6 is 28.3 Å². The van der Waals surface area contributed by atoms with Crippen LogP contribution in [0.1, 0.15) is 19.3 Å². The Bertz CT molecular complexity index is 521. The molecule has 22 heavy (non-hydrogen) atoms. The van der Waals surface area contributed by atoms with Crippen LogP contribution in [0.15, 0.2) is 28.7 Å². The molecular weight excluding hydrogens is 368 g/mol. The number of benzene rings is 1. The van der Waals surface area contributed by atoms with E-state index in [9.17, 15) is 4.79 Å². The minimum atomic E-state index is 0. The van der Waals surface area contributed by atoms with Crippen LogP contribution in [0.4, 0.5) is 0 Å². The molecule has 1 aliphatic carbocycles. The molecule has 1 saturated heterocycles. The van der Waals surface area contributed by atoms with Gasteiger partial charge in [-0.1, -0.05) is 22.0 Å². The third-order valence-electron chi connectivity index (χ3n) is 4.57. The van der Waals surface area contributed by atoms with E-state index in [1.807, 2.05) is 24.3 Å². The van der Waals surface area contributed by atoms with Crippen molar-refractivity contribution >= 4 is 34.2 Å². The van der Waals surface area contributed by atoms with Crippen LogP contribution in [0.5, 0.6) is 5.75 Å². The van der Waals surface area contributed by atoms with E-state index in [0.717, 1.165) is 42.6 Å². The maximum Gasteiger partial charge on any atom is 0.223 e. The monoisotopic (exact) mass is 388 g/mol. The van der Waals surface area contributed by atoms with Gasteiger partial charge >= 0.3 is 0 Å². The highest BCUT2D eigenvalue weighted by atomic mass is 79.9. The zero-order valence-corrected chi connectivity index (χ0v) is 14.8. The number of carbonyl (C=O) groups excluding carboxylic acids is 1. The lowest BCUT2D eigenvalue weighted by molar-refractivity contribution is -0.123. The number of carbonyl (C=O) groups is 1. The summed E-state index contributed by atoms with van der Waals surface area (Å²) in [5.74, 6) is 1.25. The largest absolute Gasteiger partial charge is 0.492 e. The van der Waals surface area contributed by atoms with Crippen LogP contribution in [0.25, 0.3) is 0 Å². The third kappa shape index (κ3) is 4.15.